The molecule has 2 aromatic rings. The van der Waals surface area contributed by atoms with E-state index in [-0.39, 0.29) is 5.82 Å². The number of methoxy groups -OCH3 is 1. The van der Waals surface area contributed by atoms with E-state index in [0.717, 1.165) is 29.9 Å². The van der Waals surface area contributed by atoms with Crippen molar-refractivity contribution >= 4 is 5.97 Å². The van der Waals surface area contributed by atoms with Crippen LogP contribution in [-0.2, 0) is 11.3 Å². The topological polar surface area (TPSA) is 77.2 Å². The summed E-state index contributed by atoms with van der Waals surface area (Å²) in [6, 6.07) is 7.70. The number of aromatic carboxylic acids is 1. The quantitative estimate of drug-likeness (QED) is 0.901. The van der Waals surface area contributed by atoms with Gasteiger partial charge >= 0.3 is 5.97 Å². The number of rotatable bonds is 5. The molecule has 0 unspecified atom stereocenters. The summed E-state index contributed by atoms with van der Waals surface area (Å²) in [6.45, 7) is 0.507. The molecule has 1 fully saturated rings. The first-order valence-corrected chi connectivity index (χ1v) is 6.47. The molecule has 1 heterocycles. The van der Waals surface area contributed by atoms with Crippen molar-refractivity contribution in [1.29, 1.82) is 0 Å². The van der Waals surface area contributed by atoms with Gasteiger partial charge in [-0.05, 0) is 30.5 Å². The van der Waals surface area contributed by atoms with Gasteiger partial charge in [0.1, 0.15) is 5.82 Å². The summed E-state index contributed by atoms with van der Waals surface area (Å²) < 4.78 is 6.75. The first-order valence-electron chi connectivity index (χ1n) is 6.47. The normalized spacial score (nSPS) is 14.4. The molecule has 1 saturated carbocycles. The fourth-order valence-corrected chi connectivity index (χ4v) is 2.16. The fraction of sp³-hybridized carbons (Fsp3) is 0.357. The van der Waals surface area contributed by atoms with Crippen LogP contribution in [0.4, 0.5) is 0 Å². The first kappa shape index (κ1) is 12.8. The number of carboxylic acid groups (broad SMARTS) is 1. The van der Waals surface area contributed by atoms with Crippen molar-refractivity contribution in [1.82, 2.24) is 14.8 Å². The van der Waals surface area contributed by atoms with Gasteiger partial charge in [0, 0.05) is 13.0 Å². The van der Waals surface area contributed by atoms with Gasteiger partial charge in [0.2, 0.25) is 0 Å². The van der Waals surface area contributed by atoms with Gasteiger partial charge in [-0.3, -0.25) is 0 Å². The number of carbonyl (C=O) groups is 1. The molecule has 0 radical (unpaired) electrons. The van der Waals surface area contributed by atoms with Crippen LogP contribution in [0.25, 0.3) is 5.69 Å². The second kappa shape index (κ2) is 5.05. The Labute approximate surface area is 116 Å². The van der Waals surface area contributed by atoms with Crippen molar-refractivity contribution in [2.24, 2.45) is 0 Å². The highest BCUT2D eigenvalue weighted by Gasteiger charge is 2.31. The van der Waals surface area contributed by atoms with Crippen molar-refractivity contribution in [2.75, 3.05) is 7.11 Å². The Balaban J connectivity index is 2.03. The van der Waals surface area contributed by atoms with Crippen LogP contribution >= 0.6 is 0 Å². The Morgan fingerprint density at radius 1 is 1.50 bits per heavy atom. The highest BCUT2D eigenvalue weighted by molar-refractivity contribution is 5.83. The Kier molecular flexibility index (Phi) is 3.23. The zero-order chi connectivity index (χ0) is 14.1. The Morgan fingerprint density at radius 2 is 2.30 bits per heavy atom. The lowest BCUT2D eigenvalue weighted by Gasteiger charge is -2.07. The average Bonchev–Trinajstić information content (AvgIpc) is 3.18. The number of ether oxygens (including phenoxy) is 1. The highest BCUT2D eigenvalue weighted by Crippen LogP contribution is 2.39. The SMILES string of the molecule is COCc1cccc(-n2nc(C(=O)O)nc2C2CC2)c1. The van der Waals surface area contributed by atoms with Gasteiger partial charge < -0.3 is 9.84 Å². The standard InChI is InChI=1S/C14H15N3O3/c1-20-8-9-3-2-4-11(7-9)17-13(10-5-6-10)15-12(16-17)14(18)19/h2-4,7,10H,5-6,8H2,1H3,(H,18,19). The van der Waals surface area contributed by atoms with Crippen LogP contribution in [0.2, 0.25) is 0 Å². The van der Waals surface area contributed by atoms with Crippen LogP contribution in [0.15, 0.2) is 24.3 Å². The van der Waals surface area contributed by atoms with Crippen LogP contribution in [0.1, 0.15) is 40.8 Å². The lowest BCUT2D eigenvalue weighted by molar-refractivity contribution is 0.0683. The first-order chi connectivity index (χ1) is 9.69. The number of hydrogen-bond acceptors (Lipinski definition) is 4. The molecule has 104 valence electrons. The van der Waals surface area contributed by atoms with Gasteiger partial charge in [-0.2, -0.15) is 0 Å². The Morgan fingerprint density at radius 3 is 2.95 bits per heavy atom. The third-order valence-corrected chi connectivity index (χ3v) is 3.23. The van der Waals surface area contributed by atoms with E-state index in [1.165, 1.54) is 0 Å². The summed E-state index contributed by atoms with van der Waals surface area (Å²) in [5, 5.41) is 13.2. The third kappa shape index (κ3) is 2.42. The molecule has 1 aromatic heterocycles. The van der Waals surface area contributed by atoms with E-state index < -0.39 is 5.97 Å². The second-order valence-electron chi connectivity index (χ2n) is 4.89. The zero-order valence-corrected chi connectivity index (χ0v) is 11.1. The summed E-state index contributed by atoms with van der Waals surface area (Å²) in [5.41, 5.74) is 1.83. The Hall–Kier alpha value is -2.21. The van der Waals surface area contributed by atoms with Gasteiger partial charge in [-0.15, -0.1) is 5.10 Å². The van der Waals surface area contributed by atoms with E-state index in [2.05, 4.69) is 10.1 Å². The molecule has 1 aliphatic rings. The lowest BCUT2D eigenvalue weighted by Crippen LogP contribution is -2.04. The van der Waals surface area contributed by atoms with E-state index in [9.17, 15) is 4.79 Å². The van der Waals surface area contributed by atoms with E-state index >= 15 is 0 Å². The van der Waals surface area contributed by atoms with Crippen molar-refractivity contribution in [3.8, 4) is 5.69 Å². The van der Waals surface area contributed by atoms with Crippen molar-refractivity contribution in [2.45, 2.75) is 25.4 Å². The molecule has 1 N–H and O–H groups in total. The Bertz CT molecular complexity index is 647. The smallest absolute Gasteiger partial charge is 0.375 e. The summed E-state index contributed by atoms with van der Waals surface area (Å²) in [4.78, 5) is 15.2. The molecule has 6 heteroatoms. The highest BCUT2D eigenvalue weighted by atomic mass is 16.5. The summed E-state index contributed by atoms with van der Waals surface area (Å²) in [6.07, 6.45) is 2.07. The molecule has 6 nitrogen and oxygen atoms in total. The number of aromatic nitrogens is 3. The largest absolute Gasteiger partial charge is 0.475 e. The van der Waals surface area contributed by atoms with Gasteiger partial charge in [0.25, 0.3) is 5.82 Å². The fourth-order valence-electron chi connectivity index (χ4n) is 2.16. The van der Waals surface area contributed by atoms with Gasteiger partial charge in [-0.1, -0.05) is 12.1 Å². The van der Waals surface area contributed by atoms with E-state index in [1.807, 2.05) is 24.3 Å². The monoisotopic (exact) mass is 273 g/mol. The maximum atomic E-state index is 11.1. The molecule has 20 heavy (non-hydrogen) atoms. The van der Waals surface area contributed by atoms with Crippen LogP contribution < -0.4 is 0 Å². The lowest BCUT2D eigenvalue weighted by atomic mass is 10.2. The molecule has 0 saturated heterocycles. The number of hydrogen-bond donors (Lipinski definition) is 1. The molecular formula is C14H15N3O3. The second-order valence-corrected chi connectivity index (χ2v) is 4.89. The molecule has 1 aromatic carbocycles. The molecule has 3 rings (SSSR count). The molecule has 0 bridgehead atoms. The van der Waals surface area contributed by atoms with Gasteiger partial charge in [0.05, 0.1) is 12.3 Å². The number of nitrogens with zero attached hydrogens (tertiary/aromatic N) is 3. The van der Waals surface area contributed by atoms with Crippen molar-refractivity contribution < 1.29 is 14.6 Å². The minimum atomic E-state index is -1.10. The van der Waals surface area contributed by atoms with Crippen LogP contribution in [0.3, 0.4) is 0 Å². The molecule has 0 atom stereocenters. The van der Waals surface area contributed by atoms with E-state index in [1.54, 1.807) is 11.8 Å². The molecule has 0 amide bonds. The average molecular weight is 273 g/mol. The molecule has 0 aliphatic heterocycles. The van der Waals surface area contributed by atoms with E-state index in [0.29, 0.717) is 12.5 Å². The molecule has 0 spiro atoms. The number of carboxylic acids is 1. The van der Waals surface area contributed by atoms with Crippen LogP contribution in [-0.4, -0.2) is 33.0 Å². The van der Waals surface area contributed by atoms with Crippen LogP contribution in [0, 0.1) is 0 Å². The zero-order valence-electron chi connectivity index (χ0n) is 11.1. The minimum absolute atomic E-state index is 0.149. The molecule has 1 aliphatic carbocycles. The van der Waals surface area contributed by atoms with Gasteiger partial charge in [-0.25, -0.2) is 14.5 Å². The predicted octanol–water partition coefficient (Wildman–Crippen LogP) is 1.99. The van der Waals surface area contributed by atoms with Crippen molar-refractivity contribution in [3.05, 3.63) is 41.5 Å². The van der Waals surface area contributed by atoms with E-state index in [4.69, 9.17) is 9.84 Å². The predicted molar refractivity (Wildman–Crippen MR) is 71.0 cm³/mol. The van der Waals surface area contributed by atoms with Crippen molar-refractivity contribution in [3.63, 3.8) is 0 Å². The third-order valence-electron chi connectivity index (χ3n) is 3.23. The van der Waals surface area contributed by atoms with Gasteiger partial charge in [0.15, 0.2) is 0 Å². The maximum Gasteiger partial charge on any atom is 0.375 e. The summed E-state index contributed by atoms with van der Waals surface area (Å²) >= 11 is 0. The minimum Gasteiger partial charge on any atom is -0.475 e. The summed E-state index contributed by atoms with van der Waals surface area (Å²) in [7, 11) is 1.64. The van der Waals surface area contributed by atoms with Crippen LogP contribution in [0.5, 0.6) is 0 Å². The maximum absolute atomic E-state index is 11.1. The number of benzene rings is 1. The molecular weight excluding hydrogens is 258 g/mol. The summed E-state index contributed by atoms with van der Waals surface area (Å²) in [5.74, 6) is -0.193.